The van der Waals surface area contributed by atoms with E-state index in [1.165, 1.54) is 34.8 Å². The molecular weight excluding hydrogens is 429 g/mol. The Morgan fingerprint density at radius 2 is 2.18 bits per heavy atom. The van der Waals surface area contributed by atoms with E-state index >= 15 is 0 Å². The van der Waals surface area contributed by atoms with Crippen LogP contribution in [0.5, 0.6) is 0 Å². The molecule has 0 bridgehead atoms. The predicted octanol–water partition coefficient (Wildman–Crippen LogP) is 5.12. The smallest absolute Gasteiger partial charge is 0.0728 e. The van der Waals surface area contributed by atoms with Gasteiger partial charge in [-0.25, -0.2) is 0 Å². The molecule has 0 amide bonds. The molecule has 2 atom stereocenters. The van der Waals surface area contributed by atoms with Gasteiger partial charge in [-0.3, -0.25) is 0 Å². The zero-order valence-corrected chi connectivity index (χ0v) is 16.8. The first-order valence-electron chi connectivity index (χ1n) is 8.08. The van der Waals surface area contributed by atoms with Gasteiger partial charge in [0, 0.05) is 20.5 Å². The molecule has 5 heteroatoms. The third kappa shape index (κ3) is 5.86. The van der Waals surface area contributed by atoms with Crippen molar-refractivity contribution in [3.05, 3.63) is 32.4 Å². The monoisotopic (exact) mass is 453 g/mol. The highest BCUT2D eigenvalue weighted by molar-refractivity contribution is 14.1. The van der Waals surface area contributed by atoms with Crippen LogP contribution < -0.4 is 5.32 Å². The Morgan fingerprint density at radius 1 is 1.36 bits per heavy atom. The molecule has 1 aromatic rings. The van der Waals surface area contributed by atoms with Crippen LogP contribution >= 0.6 is 46.0 Å². The highest BCUT2D eigenvalue weighted by Gasteiger charge is 2.25. The van der Waals surface area contributed by atoms with Gasteiger partial charge in [0.2, 0.25) is 0 Å². The molecule has 1 aliphatic carbocycles. The van der Waals surface area contributed by atoms with Gasteiger partial charge in [-0.2, -0.15) is 0 Å². The third-order valence-electron chi connectivity index (χ3n) is 4.10. The van der Waals surface area contributed by atoms with E-state index in [0.29, 0.717) is 12.1 Å². The van der Waals surface area contributed by atoms with Gasteiger partial charge in [-0.05, 0) is 65.3 Å². The standard InChI is InChI=1S/C17H25ClINOS/c1-2-22-12-20-16-8-3-4-9-17(16)21-11-10-13-14(18)6-5-7-15(13)19/h5-7,16-17,20H,2-4,8-12H2,1H3/t16-,17?/m1/s1. The molecule has 1 aliphatic rings. The van der Waals surface area contributed by atoms with Gasteiger partial charge < -0.3 is 10.1 Å². The van der Waals surface area contributed by atoms with E-state index in [9.17, 15) is 0 Å². The highest BCUT2D eigenvalue weighted by atomic mass is 127. The molecule has 2 rings (SSSR count). The van der Waals surface area contributed by atoms with Crippen molar-refractivity contribution in [3.8, 4) is 0 Å². The second-order valence-electron chi connectivity index (χ2n) is 5.59. The molecule has 1 aromatic carbocycles. The van der Waals surface area contributed by atoms with Gasteiger partial charge in [0.25, 0.3) is 0 Å². The second kappa shape index (κ2) is 10.4. The summed E-state index contributed by atoms with van der Waals surface area (Å²) >= 11 is 10.6. The number of hydrogen-bond acceptors (Lipinski definition) is 3. The van der Waals surface area contributed by atoms with E-state index in [0.717, 1.165) is 29.7 Å². The van der Waals surface area contributed by atoms with E-state index in [2.05, 4.69) is 40.9 Å². The molecule has 0 heterocycles. The van der Waals surface area contributed by atoms with Crippen LogP contribution in [0.4, 0.5) is 0 Å². The SMILES string of the molecule is CCSCN[C@@H]1CCCCC1OCCc1c(Cl)cccc1I. The van der Waals surface area contributed by atoms with Crippen molar-refractivity contribution in [1.82, 2.24) is 5.32 Å². The predicted molar refractivity (Wildman–Crippen MR) is 106 cm³/mol. The van der Waals surface area contributed by atoms with E-state index in [4.69, 9.17) is 16.3 Å². The minimum Gasteiger partial charge on any atom is -0.376 e. The van der Waals surface area contributed by atoms with Gasteiger partial charge >= 0.3 is 0 Å². The largest absolute Gasteiger partial charge is 0.376 e. The van der Waals surface area contributed by atoms with Crippen molar-refractivity contribution in [1.29, 1.82) is 0 Å². The topological polar surface area (TPSA) is 21.3 Å². The normalized spacial score (nSPS) is 22.0. The minimum absolute atomic E-state index is 0.353. The summed E-state index contributed by atoms with van der Waals surface area (Å²) < 4.78 is 7.43. The summed E-state index contributed by atoms with van der Waals surface area (Å²) in [6, 6.07) is 6.58. The summed E-state index contributed by atoms with van der Waals surface area (Å²) in [5, 5.41) is 4.51. The quantitative estimate of drug-likeness (QED) is 0.335. The van der Waals surface area contributed by atoms with Crippen LogP contribution in [0, 0.1) is 3.57 Å². The molecule has 0 saturated heterocycles. The molecular formula is C17H25ClINOS. The van der Waals surface area contributed by atoms with Crippen LogP contribution in [0.1, 0.15) is 38.2 Å². The van der Waals surface area contributed by atoms with Crippen LogP contribution in [-0.4, -0.2) is 30.4 Å². The lowest BCUT2D eigenvalue weighted by Gasteiger charge is -2.32. The summed E-state index contributed by atoms with van der Waals surface area (Å²) in [5.41, 5.74) is 1.21. The number of ether oxygens (including phenoxy) is 1. The van der Waals surface area contributed by atoms with Gasteiger partial charge in [0.1, 0.15) is 0 Å². The van der Waals surface area contributed by atoms with Crippen LogP contribution in [0.3, 0.4) is 0 Å². The first-order chi connectivity index (χ1) is 10.7. The fourth-order valence-electron chi connectivity index (χ4n) is 2.88. The number of benzene rings is 1. The molecule has 0 aliphatic heterocycles. The molecule has 0 spiro atoms. The maximum atomic E-state index is 6.29. The van der Waals surface area contributed by atoms with E-state index in [1.807, 2.05) is 23.9 Å². The van der Waals surface area contributed by atoms with Gasteiger partial charge in [-0.15, -0.1) is 11.8 Å². The van der Waals surface area contributed by atoms with E-state index < -0.39 is 0 Å². The Hall–Kier alpha value is 0.510. The Morgan fingerprint density at radius 3 is 2.95 bits per heavy atom. The fraction of sp³-hybridized carbons (Fsp3) is 0.647. The Kier molecular flexibility index (Phi) is 8.90. The van der Waals surface area contributed by atoms with Crippen LogP contribution in [-0.2, 0) is 11.2 Å². The summed E-state index contributed by atoms with van der Waals surface area (Å²) in [5.74, 6) is 2.19. The maximum absolute atomic E-state index is 6.29. The summed E-state index contributed by atoms with van der Waals surface area (Å²) in [6.07, 6.45) is 6.26. The van der Waals surface area contributed by atoms with Crippen LogP contribution in [0.15, 0.2) is 18.2 Å². The summed E-state index contributed by atoms with van der Waals surface area (Å²) in [7, 11) is 0. The molecule has 1 saturated carbocycles. The molecule has 0 aromatic heterocycles. The lowest BCUT2D eigenvalue weighted by atomic mass is 9.92. The van der Waals surface area contributed by atoms with Crippen molar-refractivity contribution in [2.45, 2.75) is 51.2 Å². The summed E-state index contributed by atoms with van der Waals surface area (Å²) in [4.78, 5) is 0. The fourth-order valence-corrected chi connectivity index (χ4v) is 4.61. The number of hydrogen-bond donors (Lipinski definition) is 1. The molecule has 0 radical (unpaired) electrons. The maximum Gasteiger partial charge on any atom is 0.0728 e. The lowest BCUT2D eigenvalue weighted by Crippen LogP contribution is -2.43. The Labute approximate surface area is 157 Å². The number of rotatable bonds is 8. The van der Waals surface area contributed by atoms with Crippen molar-refractivity contribution < 1.29 is 4.74 Å². The zero-order valence-electron chi connectivity index (χ0n) is 13.1. The molecule has 1 fully saturated rings. The van der Waals surface area contributed by atoms with Gasteiger partial charge in [-0.1, -0.05) is 37.4 Å². The van der Waals surface area contributed by atoms with Crippen LogP contribution in [0.2, 0.25) is 5.02 Å². The van der Waals surface area contributed by atoms with E-state index in [1.54, 1.807) is 0 Å². The molecule has 1 N–H and O–H groups in total. The average molecular weight is 454 g/mol. The molecule has 124 valence electrons. The molecule has 1 unspecified atom stereocenters. The summed E-state index contributed by atoms with van der Waals surface area (Å²) in [6.45, 7) is 2.95. The Bertz CT molecular complexity index is 440. The molecule has 22 heavy (non-hydrogen) atoms. The minimum atomic E-state index is 0.353. The van der Waals surface area contributed by atoms with Crippen molar-refractivity contribution in [3.63, 3.8) is 0 Å². The average Bonchev–Trinajstić information content (AvgIpc) is 2.52. The second-order valence-corrected chi connectivity index (χ2v) is 8.44. The van der Waals surface area contributed by atoms with Crippen LogP contribution in [0.25, 0.3) is 0 Å². The van der Waals surface area contributed by atoms with E-state index in [-0.39, 0.29) is 0 Å². The zero-order chi connectivity index (χ0) is 15.8. The highest BCUT2D eigenvalue weighted by Crippen LogP contribution is 2.24. The lowest BCUT2D eigenvalue weighted by molar-refractivity contribution is 0.00826. The molecule has 2 nitrogen and oxygen atoms in total. The van der Waals surface area contributed by atoms with Gasteiger partial charge in [0.15, 0.2) is 0 Å². The van der Waals surface area contributed by atoms with Crippen molar-refractivity contribution in [2.75, 3.05) is 18.2 Å². The van der Waals surface area contributed by atoms with Crippen molar-refractivity contribution >= 4 is 46.0 Å². The number of halogens is 2. The first kappa shape index (κ1) is 18.8. The number of thioether (sulfide) groups is 1. The number of nitrogens with one attached hydrogen (secondary N) is 1. The van der Waals surface area contributed by atoms with Gasteiger partial charge in [0.05, 0.1) is 12.7 Å². The van der Waals surface area contributed by atoms with Crippen molar-refractivity contribution in [2.24, 2.45) is 0 Å². The first-order valence-corrected chi connectivity index (χ1v) is 10.7. The third-order valence-corrected chi connectivity index (χ3v) is 6.24. The Balaban J connectivity index is 1.81.